The molecule has 2 N–H and O–H groups in total. The molecule has 0 saturated heterocycles. The van der Waals surface area contributed by atoms with Crippen molar-refractivity contribution in [1.29, 1.82) is 0 Å². The SMILES string of the molecule is NC(=O)c1ccc(C2CC2)cn1. The minimum absolute atomic E-state index is 0.347. The van der Waals surface area contributed by atoms with E-state index in [-0.39, 0.29) is 0 Å². The van der Waals surface area contributed by atoms with Crippen LogP contribution in [0.1, 0.15) is 34.8 Å². The summed E-state index contributed by atoms with van der Waals surface area (Å²) in [6.45, 7) is 0. The van der Waals surface area contributed by atoms with Gasteiger partial charge in [0.05, 0.1) is 0 Å². The molecule has 1 aromatic heterocycles. The maximum atomic E-state index is 10.7. The van der Waals surface area contributed by atoms with Crippen LogP contribution in [0.4, 0.5) is 0 Å². The first kappa shape index (κ1) is 7.28. The number of hydrogen-bond acceptors (Lipinski definition) is 2. The maximum Gasteiger partial charge on any atom is 0.267 e. The van der Waals surface area contributed by atoms with Crippen LogP contribution in [-0.2, 0) is 0 Å². The smallest absolute Gasteiger partial charge is 0.267 e. The summed E-state index contributed by atoms with van der Waals surface area (Å²) in [5, 5.41) is 0. The number of rotatable bonds is 2. The lowest BCUT2D eigenvalue weighted by Crippen LogP contribution is -2.12. The molecular weight excluding hydrogens is 152 g/mol. The summed E-state index contributed by atoms with van der Waals surface area (Å²) >= 11 is 0. The summed E-state index contributed by atoms with van der Waals surface area (Å²) in [4.78, 5) is 14.6. The summed E-state index contributed by atoms with van der Waals surface area (Å²) in [6.07, 6.45) is 4.24. The average Bonchev–Trinajstić information content (AvgIpc) is 2.87. The first-order valence-corrected chi connectivity index (χ1v) is 4.03. The maximum absolute atomic E-state index is 10.7. The van der Waals surface area contributed by atoms with Gasteiger partial charge >= 0.3 is 0 Å². The largest absolute Gasteiger partial charge is 0.364 e. The van der Waals surface area contributed by atoms with Gasteiger partial charge in [0, 0.05) is 6.20 Å². The van der Waals surface area contributed by atoms with E-state index in [0.29, 0.717) is 11.6 Å². The van der Waals surface area contributed by atoms with Gasteiger partial charge in [-0.2, -0.15) is 0 Å². The molecule has 3 nitrogen and oxygen atoms in total. The van der Waals surface area contributed by atoms with Gasteiger partial charge in [-0.3, -0.25) is 9.78 Å². The molecule has 0 radical (unpaired) electrons. The molecule has 0 aromatic carbocycles. The molecule has 1 heterocycles. The fourth-order valence-electron chi connectivity index (χ4n) is 1.21. The Morgan fingerprint density at radius 2 is 2.25 bits per heavy atom. The highest BCUT2D eigenvalue weighted by Crippen LogP contribution is 2.39. The van der Waals surface area contributed by atoms with Crippen LogP contribution in [0.15, 0.2) is 18.3 Å². The zero-order valence-corrected chi connectivity index (χ0v) is 6.66. The van der Waals surface area contributed by atoms with Gasteiger partial charge in [0.2, 0.25) is 0 Å². The molecule has 0 atom stereocenters. The highest BCUT2D eigenvalue weighted by molar-refractivity contribution is 5.90. The molecule has 1 aromatic rings. The zero-order valence-electron chi connectivity index (χ0n) is 6.66. The number of hydrogen-bond donors (Lipinski definition) is 1. The third-order valence-corrected chi connectivity index (χ3v) is 2.09. The van der Waals surface area contributed by atoms with Crippen LogP contribution < -0.4 is 5.73 Å². The standard InChI is InChI=1S/C9H10N2O/c10-9(12)8-4-3-7(5-11-8)6-1-2-6/h3-6H,1-2H2,(H2,10,12). The Kier molecular flexibility index (Phi) is 1.57. The number of amides is 1. The van der Waals surface area contributed by atoms with E-state index in [1.165, 1.54) is 18.4 Å². The Hall–Kier alpha value is -1.38. The van der Waals surface area contributed by atoms with E-state index in [1.807, 2.05) is 6.07 Å². The fraction of sp³-hybridized carbons (Fsp3) is 0.333. The van der Waals surface area contributed by atoms with Gasteiger partial charge in [0.15, 0.2) is 0 Å². The lowest BCUT2D eigenvalue weighted by atomic mass is 10.2. The molecule has 0 unspecified atom stereocenters. The first-order valence-electron chi connectivity index (χ1n) is 4.03. The van der Waals surface area contributed by atoms with Crippen molar-refractivity contribution >= 4 is 5.91 Å². The minimum atomic E-state index is -0.461. The molecule has 2 rings (SSSR count). The highest BCUT2D eigenvalue weighted by atomic mass is 16.1. The third kappa shape index (κ3) is 1.30. The van der Waals surface area contributed by atoms with E-state index in [9.17, 15) is 4.79 Å². The Morgan fingerprint density at radius 3 is 2.67 bits per heavy atom. The van der Waals surface area contributed by atoms with Gasteiger partial charge < -0.3 is 5.73 Å². The number of nitrogens with zero attached hydrogens (tertiary/aromatic N) is 1. The van der Waals surface area contributed by atoms with Gasteiger partial charge in [-0.1, -0.05) is 6.07 Å². The lowest BCUT2D eigenvalue weighted by molar-refractivity contribution is 0.0995. The Labute approximate surface area is 70.6 Å². The van der Waals surface area contributed by atoms with Crippen LogP contribution in [0.3, 0.4) is 0 Å². The molecule has 1 amide bonds. The fourth-order valence-corrected chi connectivity index (χ4v) is 1.21. The average molecular weight is 162 g/mol. The van der Waals surface area contributed by atoms with Crippen LogP contribution in [0, 0.1) is 0 Å². The van der Waals surface area contributed by atoms with E-state index in [1.54, 1.807) is 12.3 Å². The zero-order chi connectivity index (χ0) is 8.55. The Morgan fingerprint density at radius 1 is 1.50 bits per heavy atom. The third-order valence-electron chi connectivity index (χ3n) is 2.09. The molecule has 1 aliphatic carbocycles. The molecule has 1 saturated carbocycles. The quantitative estimate of drug-likeness (QED) is 0.706. The van der Waals surface area contributed by atoms with Crippen LogP contribution in [0.25, 0.3) is 0 Å². The van der Waals surface area contributed by atoms with E-state index in [0.717, 1.165) is 0 Å². The second-order valence-electron chi connectivity index (χ2n) is 3.12. The molecule has 0 aliphatic heterocycles. The first-order chi connectivity index (χ1) is 5.77. The lowest BCUT2D eigenvalue weighted by Gasteiger charge is -1.97. The molecule has 1 fully saturated rings. The molecule has 12 heavy (non-hydrogen) atoms. The van der Waals surface area contributed by atoms with Gasteiger partial charge in [-0.05, 0) is 30.4 Å². The van der Waals surface area contributed by atoms with Crippen molar-refractivity contribution in [1.82, 2.24) is 4.98 Å². The Balaban J connectivity index is 2.24. The second-order valence-corrected chi connectivity index (χ2v) is 3.12. The summed E-state index contributed by atoms with van der Waals surface area (Å²) in [7, 11) is 0. The number of carbonyl (C=O) groups excluding carboxylic acids is 1. The van der Waals surface area contributed by atoms with Crippen LogP contribution in [0.2, 0.25) is 0 Å². The van der Waals surface area contributed by atoms with Gasteiger partial charge in [-0.25, -0.2) is 0 Å². The topological polar surface area (TPSA) is 56.0 Å². The number of nitrogens with two attached hydrogens (primary N) is 1. The van der Waals surface area contributed by atoms with Crippen molar-refractivity contribution in [2.75, 3.05) is 0 Å². The number of primary amides is 1. The van der Waals surface area contributed by atoms with Crippen molar-refractivity contribution in [2.45, 2.75) is 18.8 Å². The van der Waals surface area contributed by atoms with Crippen molar-refractivity contribution in [2.24, 2.45) is 5.73 Å². The van der Waals surface area contributed by atoms with Gasteiger partial charge in [0.1, 0.15) is 5.69 Å². The summed E-state index contributed by atoms with van der Waals surface area (Å²) < 4.78 is 0. The van der Waals surface area contributed by atoms with E-state index >= 15 is 0 Å². The van der Waals surface area contributed by atoms with Gasteiger partial charge in [0.25, 0.3) is 5.91 Å². The van der Waals surface area contributed by atoms with Crippen molar-refractivity contribution in [3.05, 3.63) is 29.6 Å². The number of pyridine rings is 1. The predicted octanol–water partition coefficient (Wildman–Crippen LogP) is 1.06. The molecule has 3 heteroatoms. The highest BCUT2D eigenvalue weighted by Gasteiger charge is 2.23. The summed E-state index contributed by atoms with van der Waals surface area (Å²) in [5.74, 6) is 0.219. The predicted molar refractivity (Wildman–Crippen MR) is 44.7 cm³/mol. The second kappa shape index (κ2) is 2.59. The van der Waals surface area contributed by atoms with E-state index in [2.05, 4.69) is 4.98 Å². The van der Waals surface area contributed by atoms with E-state index < -0.39 is 5.91 Å². The molecule has 0 bridgehead atoms. The minimum Gasteiger partial charge on any atom is -0.364 e. The monoisotopic (exact) mass is 162 g/mol. The van der Waals surface area contributed by atoms with Crippen molar-refractivity contribution in [3.8, 4) is 0 Å². The molecule has 0 spiro atoms. The van der Waals surface area contributed by atoms with Crippen LogP contribution in [0.5, 0.6) is 0 Å². The van der Waals surface area contributed by atoms with Crippen molar-refractivity contribution < 1.29 is 4.79 Å². The molecule has 1 aliphatic rings. The molecule has 62 valence electrons. The van der Waals surface area contributed by atoms with Crippen LogP contribution >= 0.6 is 0 Å². The van der Waals surface area contributed by atoms with Gasteiger partial charge in [-0.15, -0.1) is 0 Å². The summed E-state index contributed by atoms with van der Waals surface area (Å²) in [5.41, 5.74) is 6.62. The number of carbonyl (C=O) groups is 1. The van der Waals surface area contributed by atoms with Crippen LogP contribution in [-0.4, -0.2) is 10.9 Å². The normalized spacial score (nSPS) is 16.0. The Bertz CT molecular complexity index is 301. The number of aromatic nitrogens is 1. The van der Waals surface area contributed by atoms with E-state index in [4.69, 9.17) is 5.73 Å². The molecular formula is C9H10N2O. The van der Waals surface area contributed by atoms with Crippen molar-refractivity contribution in [3.63, 3.8) is 0 Å². The summed E-state index contributed by atoms with van der Waals surface area (Å²) in [6, 6.07) is 3.63.